The maximum atomic E-state index is 9.09. The number of hydrogen-bond acceptors (Lipinski definition) is 5. The second-order valence-corrected chi connectivity index (χ2v) is 4.72. The monoisotopic (exact) mass is 225 g/mol. The van der Waals surface area contributed by atoms with Crippen molar-refractivity contribution in [3.63, 3.8) is 0 Å². The van der Waals surface area contributed by atoms with E-state index in [1.54, 1.807) is 6.08 Å². The van der Waals surface area contributed by atoms with Crippen LogP contribution in [0.2, 0.25) is 0 Å². The molecular weight excluding hydrogens is 206 g/mol. The zero-order valence-corrected chi connectivity index (χ0v) is 10.0. The Morgan fingerprint density at radius 2 is 2.25 bits per heavy atom. The topological polar surface area (TPSA) is 71.2 Å². The molecule has 0 aliphatic carbocycles. The molecule has 0 aliphatic heterocycles. The van der Waals surface area contributed by atoms with Crippen LogP contribution in [0, 0.1) is 0 Å². The number of anilines is 1. The zero-order valence-electron chi connectivity index (χ0n) is 10.0. The number of aliphatic hydroxyl groups is 1. The first-order chi connectivity index (χ1) is 7.47. The molecule has 0 saturated heterocycles. The molecule has 1 heterocycles. The summed E-state index contributed by atoms with van der Waals surface area (Å²) in [6.07, 6.45) is 2.38. The summed E-state index contributed by atoms with van der Waals surface area (Å²) < 4.78 is 5.12. The standard InChI is InChI=1S/C11H19N3O2/c1-5-6-8(7-15)12-10-13-9(16-14-10)11(2,3)4/h5,8,15H,1,6-7H2,2-4H3,(H,12,14). The molecular formula is C11H19N3O2. The number of rotatable bonds is 5. The molecule has 1 aromatic rings. The lowest BCUT2D eigenvalue weighted by Crippen LogP contribution is -2.23. The molecule has 0 radical (unpaired) electrons. The van der Waals surface area contributed by atoms with Crippen molar-refractivity contribution in [2.75, 3.05) is 11.9 Å². The van der Waals surface area contributed by atoms with Crippen LogP contribution >= 0.6 is 0 Å². The number of nitrogens with zero attached hydrogens (tertiary/aromatic N) is 2. The molecule has 0 aliphatic rings. The summed E-state index contributed by atoms with van der Waals surface area (Å²) in [6, 6.07) is -0.122. The van der Waals surface area contributed by atoms with Gasteiger partial charge in [-0.1, -0.05) is 26.8 Å². The van der Waals surface area contributed by atoms with Crippen LogP contribution in [0.3, 0.4) is 0 Å². The maximum absolute atomic E-state index is 9.09. The minimum atomic E-state index is -0.167. The summed E-state index contributed by atoms with van der Waals surface area (Å²) >= 11 is 0. The first-order valence-electron chi connectivity index (χ1n) is 5.30. The summed E-state index contributed by atoms with van der Waals surface area (Å²) in [4.78, 5) is 4.22. The van der Waals surface area contributed by atoms with Gasteiger partial charge in [0, 0.05) is 5.41 Å². The van der Waals surface area contributed by atoms with Crippen LogP contribution in [-0.4, -0.2) is 27.9 Å². The molecule has 2 N–H and O–H groups in total. The van der Waals surface area contributed by atoms with Crippen molar-refractivity contribution >= 4 is 5.95 Å². The largest absolute Gasteiger partial charge is 0.394 e. The van der Waals surface area contributed by atoms with Gasteiger partial charge in [-0.3, -0.25) is 0 Å². The van der Waals surface area contributed by atoms with E-state index in [4.69, 9.17) is 9.63 Å². The van der Waals surface area contributed by atoms with Gasteiger partial charge in [0.05, 0.1) is 12.6 Å². The highest BCUT2D eigenvalue weighted by Crippen LogP contribution is 2.21. The number of hydrogen-bond donors (Lipinski definition) is 2. The molecule has 90 valence electrons. The lowest BCUT2D eigenvalue weighted by Gasteiger charge is -2.12. The highest BCUT2D eigenvalue weighted by Gasteiger charge is 2.22. The van der Waals surface area contributed by atoms with Crippen molar-refractivity contribution in [1.82, 2.24) is 10.1 Å². The van der Waals surface area contributed by atoms with E-state index in [0.29, 0.717) is 18.3 Å². The first kappa shape index (κ1) is 12.7. The van der Waals surface area contributed by atoms with Crippen LogP contribution in [0.15, 0.2) is 17.2 Å². The molecule has 1 unspecified atom stereocenters. The van der Waals surface area contributed by atoms with E-state index in [0.717, 1.165) is 0 Å². The third kappa shape index (κ3) is 3.34. The summed E-state index contributed by atoms with van der Waals surface area (Å²) in [6.45, 7) is 9.62. The van der Waals surface area contributed by atoms with E-state index in [1.807, 2.05) is 20.8 Å². The van der Waals surface area contributed by atoms with E-state index >= 15 is 0 Å². The average molecular weight is 225 g/mol. The van der Waals surface area contributed by atoms with E-state index in [9.17, 15) is 0 Å². The zero-order chi connectivity index (χ0) is 12.2. The normalized spacial score (nSPS) is 13.5. The van der Waals surface area contributed by atoms with E-state index in [1.165, 1.54) is 0 Å². The molecule has 16 heavy (non-hydrogen) atoms. The predicted molar refractivity (Wildman–Crippen MR) is 62.3 cm³/mol. The Hall–Kier alpha value is -1.36. The minimum Gasteiger partial charge on any atom is -0.394 e. The SMILES string of the molecule is C=CCC(CO)Nc1noc(C(C)(C)C)n1. The van der Waals surface area contributed by atoms with E-state index < -0.39 is 0 Å². The smallest absolute Gasteiger partial charge is 0.263 e. The molecule has 0 bridgehead atoms. The van der Waals surface area contributed by atoms with Crippen molar-refractivity contribution in [3.05, 3.63) is 18.5 Å². The minimum absolute atomic E-state index is 0.00537. The predicted octanol–water partition coefficient (Wildman–Crippen LogP) is 1.72. The number of aliphatic hydroxyl groups excluding tert-OH is 1. The fourth-order valence-electron chi connectivity index (χ4n) is 1.15. The van der Waals surface area contributed by atoms with Gasteiger partial charge in [0.15, 0.2) is 0 Å². The molecule has 0 fully saturated rings. The van der Waals surface area contributed by atoms with Gasteiger partial charge in [-0.25, -0.2) is 0 Å². The van der Waals surface area contributed by atoms with Crippen LogP contribution < -0.4 is 5.32 Å². The Labute approximate surface area is 95.6 Å². The molecule has 5 nitrogen and oxygen atoms in total. The average Bonchev–Trinajstić information content (AvgIpc) is 2.65. The molecule has 5 heteroatoms. The summed E-state index contributed by atoms with van der Waals surface area (Å²) in [5.74, 6) is 0.983. The Kier molecular flexibility index (Phi) is 4.06. The second kappa shape index (κ2) is 5.12. The molecule has 0 spiro atoms. The Bertz CT molecular complexity index is 341. The first-order valence-corrected chi connectivity index (χ1v) is 5.30. The van der Waals surface area contributed by atoms with Crippen LogP contribution in [0.4, 0.5) is 5.95 Å². The van der Waals surface area contributed by atoms with Crippen LogP contribution in [-0.2, 0) is 5.41 Å². The lowest BCUT2D eigenvalue weighted by molar-refractivity contribution is 0.274. The number of aromatic nitrogens is 2. The van der Waals surface area contributed by atoms with Gasteiger partial charge in [-0.2, -0.15) is 4.98 Å². The van der Waals surface area contributed by atoms with Crippen molar-refractivity contribution in [2.24, 2.45) is 0 Å². The van der Waals surface area contributed by atoms with E-state index in [2.05, 4.69) is 22.0 Å². The highest BCUT2D eigenvalue weighted by atomic mass is 16.5. The van der Waals surface area contributed by atoms with Gasteiger partial charge >= 0.3 is 0 Å². The van der Waals surface area contributed by atoms with Crippen LogP contribution in [0.1, 0.15) is 33.1 Å². The fraction of sp³-hybridized carbons (Fsp3) is 0.636. The maximum Gasteiger partial charge on any atom is 0.263 e. The van der Waals surface area contributed by atoms with Crippen molar-refractivity contribution in [3.8, 4) is 0 Å². The Balaban J connectivity index is 2.67. The quantitative estimate of drug-likeness (QED) is 0.746. The third-order valence-corrected chi connectivity index (χ3v) is 2.07. The number of nitrogens with one attached hydrogen (secondary N) is 1. The summed E-state index contributed by atoms with van der Waals surface area (Å²) in [5, 5.41) is 15.9. The van der Waals surface area contributed by atoms with Gasteiger partial charge in [0.1, 0.15) is 0 Å². The van der Waals surface area contributed by atoms with Crippen LogP contribution in [0.25, 0.3) is 0 Å². The van der Waals surface area contributed by atoms with Gasteiger partial charge < -0.3 is 14.9 Å². The van der Waals surface area contributed by atoms with Gasteiger partial charge in [0.25, 0.3) is 5.95 Å². The Morgan fingerprint density at radius 3 is 2.69 bits per heavy atom. The van der Waals surface area contributed by atoms with E-state index in [-0.39, 0.29) is 18.1 Å². The summed E-state index contributed by atoms with van der Waals surface area (Å²) in [7, 11) is 0. The van der Waals surface area contributed by atoms with Crippen molar-refractivity contribution < 1.29 is 9.63 Å². The molecule has 1 aromatic heterocycles. The van der Waals surface area contributed by atoms with Gasteiger partial charge in [0.2, 0.25) is 5.89 Å². The van der Waals surface area contributed by atoms with Gasteiger partial charge in [-0.15, -0.1) is 6.58 Å². The van der Waals surface area contributed by atoms with Crippen molar-refractivity contribution in [1.29, 1.82) is 0 Å². The molecule has 0 saturated carbocycles. The lowest BCUT2D eigenvalue weighted by atomic mass is 9.97. The molecule has 1 atom stereocenters. The van der Waals surface area contributed by atoms with Crippen LogP contribution in [0.5, 0.6) is 0 Å². The third-order valence-electron chi connectivity index (χ3n) is 2.07. The second-order valence-electron chi connectivity index (χ2n) is 4.72. The highest BCUT2D eigenvalue weighted by molar-refractivity contribution is 5.25. The molecule has 0 aromatic carbocycles. The molecule has 0 amide bonds. The Morgan fingerprint density at radius 1 is 1.56 bits per heavy atom. The van der Waals surface area contributed by atoms with Gasteiger partial charge in [-0.05, 0) is 11.6 Å². The summed E-state index contributed by atoms with van der Waals surface area (Å²) in [5.41, 5.74) is -0.167. The van der Waals surface area contributed by atoms with Crippen molar-refractivity contribution in [2.45, 2.75) is 38.6 Å². The fourth-order valence-corrected chi connectivity index (χ4v) is 1.15. The molecule has 1 rings (SSSR count).